The minimum absolute atomic E-state index is 0.616. The molecule has 1 rings (SSSR count). The summed E-state index contributed by atoms with van der Waals surface area (Å²) in [6.45, 7) is 4.63. The van der Waals surface area contributed by atoms with Crippen LogP contribution in [0.2, 0.25) is 0 Å². The number of hydrogen-bond donors (Lipinski definition) is 1. The van der Waals surface area contributed by atoms with Crippen LogP contribution in [-0.2, 0) is 6.54 Å². The number of anilines is 1. The van der Waals surface area contributed by atoms with Gasteiger partial charge in [0, 0.05) is 37.2 Å². The summed E-state index contributed by atoms with van der Waals surface area (Å²) >= 11 is 0. The second-order valence-corrected chi connectivity index (χ2v) is 3.74. The molecule has 0 radical (unpaired) electrons. The van der Waals surface area contributed by atoms with E-state index in [1.807, 2.05) is 19.3 Å². The quantitative estimate of drug-likeness (QED) is 0.580. The van der Waals surface area contributed by atoms with E-state index >= 15 is 0 Å². The largest absolute Gasteiger partial charge is 0.363 e. The zero-order valence-corrected chi connectivity index (χ0v) is 10.0. The van der Waals surface area contributed by atoms with Crippen molar-refractivity contribution < 1.29 is 0 Å². The van der Waals surface area contributed by atoms with Gasteiger partial charge >= 0.3 is 0 Å². The molecule has 0 saturated carbocycles. The van der Waals surface area contributed by atoms with Crippen LogP contribution < -0.4 is 10.2 Å². The van der Waals surface area contributed by atoms with Crippen molar-refractivity contribution in [3.63, 3.8) is 0 Å². The highest BCUT2D eigenvalue weighted by Crippen LogP contribution is 2.17. The van der Waals surface area contributed by atoms with Crippen LogP contribution in [0.5, 0.6) is 0 Å². The van der Waals surface area contributed by atoms with Gasteiger partial charge in [0.15, 0.2) is 0 Å². The Labute approximate surface area is 97.9 Å². The molecule has 0 fully saturated rings. The highest BCUT2D eigenvalue weighted by molar-refractivity contribution is 5.52. The van der Waals surface area contributed by atoms with Crippen LogP contribution in [0.4, 0.5) is 5.69 Å². The van der Waals surface area contributed by atoms with Crippen LogP contribution in [0.15, 0.2) is 18.5 Å². The fourth-order valence-electron chi connectivity index (χ4n) is 1.55. The van der Waals surface area contributed by atoms with Gasteiger partial charge in [-0.15, -0.1) is 6.42 Å². The van der Waals surface area contributed by atoms with Crippen LogP contribution in [-0.4, -0.2) is 25.1 Å². The van der Waals surface area contributed by atoms with Crippen LogP contribution in [0.25, 0.3) is 0 Å². The number of hydrogen-bond acceptors (Lipinski definition) is 3. The summed E-state index contributed by atoms with van der Waals surface area (Å²) in [7, 11) is 2.00. The normalized spacial score (nSPS) is 9.81. The summed E-state index contributed by atoms with van der Waals surface area (Å²) < 4.78 is 0. The third-order valence-electron chi connectivity index (χ3n) is 2.36. The number of rotatable bonds is 6. The Balaban J connectivity index is 2.71. The van der Waals surface area contributed by atoms with E-state index in [-0.39, 0.29) is 0 Å². The molecule has 3 nitrogen and oxygen atoms in total. The van der Waals surface area contributed by atoms with Crippen molar-refractivity contribution in [1.29, 1.82) is 0 Å². The van der Waals surface area contributed by atoms with Gasteiger partial charge in [-0.25, -0.2) is 0 Å². The van der Waals surface area contributed by atoms with Crippen molar-refractivity contribution in [2.75, 3.05) is 25.0 Å². The molecule has 86 valence electrons. The number of pyridine rings is 1. The molecule has 0 aliphatic heterocycles. The average molecular weight is 217 g/mol. The lowest BCUT2D eigenvalue weighted by Crippen LogP contribution is -2.21. The van der Waals surface area contributed by atoms with E-state index in [1.165, 1.54) is 5.56 Å². The molecule has 1 aromatic heterocycles. The number of nitrogens with one attached hydrogen (secondary N) is 1. The van der Waals surface area contributed by atoms with E-state index in [0.29, 0.717) is 6.54 Å². The van der Waals surface area contributed by atoms with Crippen LogP contribution >= 0.6 is 0 Å². The van der Waals surface area contributed by atoms with Crippen LogP contribution in [0, 0.1) is 12.3 Å². The highest BCUT2D eigenvalue weighted by atomic mass is 15.1. The first kappa shape index (κ1) is 12.5. The standard InChI is InChI=1S/C13H19N3/c1-4-7-14-10-12-11-15-8-6-13(12)16(3)9-5-2/h2,6,8,11,14H,4,7,9-10H2,1,3H3. The van der Waals surface area contributed by atoms with Crippen molar-refractivity contribution in [1.82, 2.24) is 10.3 Å². The molecule has 0 amide bonds. The van der Waals surface area contributed by atoms with Crippen molar-refractivity contribution in [2.24, 2.45) is 0 Å². The molecule has 1 heterocycles. The van der Waals surface area contributed by atoms with Gasteiger partial charge in [-0.3, -0.25) is 4.98 Å². The highest BCUT2D eigenvalue weighted by Gasteiger charge is 2.05. The molecule has 16 heavy (non-hydrogen) atoms. The van der Waals surface area contributed by atoms with Crippen molar-refractivity contribution >= 4 is 5.69 Å². The zero-order valence-electron chi connectivity index (χ0n) is 10.0. The molecule has 1 N–H and O–H groups in total. The van der Waals surface area contributed by atoms with Gasteiger partial charge in [0.25, 0.3) is 0 Å². The van der Waals surface area contributed by atoms with E-state index < -0.39 is 0 Å². The molecule has 3 heteroatoms. The van der Waals surface area contributed by atoms with E-state index in [4.69, 9.17) is 6.42 Å². The summed E-state index contributed by atoms with van der Waals surface area (Å²) in [5.74, 6) is 2.65. The lowest BCUT2D eigenvalue weighted by atomic mass is 10.2. The first-order chi connectivity index (χ1) is 7.79. The third-order valence-corrected chi connectivity index (χ3v) is 2.36. The maximum Gasteiger partial charge on any atom is 0.0788 e. The number of aromatic nitrogens is 1. The molecule has 0 saturated heterocycles. The lowest BCUT2D eigenvalue weighted by molar-refractivity contribution is 0.673. The first-order valence-electron chi connectivity index (χ1n) is 5.57. The summed E-state index contributed by atoms with van der Waals surface area (Å²) in [5, 5.41) is 3.37. The zero-order chi connectivity index (χ0) is 11.8. The molecular weight excluding hydrogens is 198 g/mol. The SMILES string of the molecule is C#CCN(C)c1ccncc1CNCCC. The average Bonchev–Trinajstić information content (AvgIpc) is 2.30. The van der Waals surface area contributed by atoms with E-state index in [2.05, 4.69) is 28.0 Å². The van der Waals surface area contributed by atoms with Gasteiger partial charge < -0.3 is 10.2 Å². The Morgan fingerprint density at radius 3 is 3.06 bits per heavy atom. The fourth-order valence-corrected chi connectivity index (χ4v) is 1.55. The predicted octanol–water partition coefficient (Wildman–Crippen LogP) is 1.65. The molecule has 0 unspecified atom stereocenters. The minimum atomic E-state index is 0.616. The monoisotopic (exact) mass is 217 g/mol. The van der Waals surface area contributed by atoms with Gasteiger partial charge in [0.2, 0.25) is 0 Å². The molecular formula is C13H19N3. The smallest absolute Gasteiger partial charge is 0.0788 e. The predicted molar refractivity (Wildman–Crippen MR) is 68.3 cm³/mol. The number of nitrogens with zero attached hydrogens (tertiary/aromatic N) is 2. The maximum absolute atomic E-state index is 5.32. The molecule has 0 aromatic carbocycles. The van der Waals surface area contributed by atoms with E-state index in [9.17, 15) is 0 Å². The van der Waals surface area contributed by atoms with Crippen molar-refractivity contribution in [2.45, 2.75) is 19.9 Å². The molecule has 0 atom stereocenters. The van der Waals surface area contributed by atoms with Gasteiger partial charge in [-0.1, -0.05) is 12.8 Å². The molecule has 0 spiro atoms. The van der Waals surface area contributed by atoms with Gasteiger partial charge in [0.05, 0.1) is 6.54 Å². The van der Waals surface area contributed by atoms with Crippen molar-refractivity contribution in [3.8, 4) is 12.3 Å². The van der Waals surface area contributed by atoms with Gasteiger partial charge in [0.1, 0.15) is 0 Å². The molecule has 1 aromatic rings. The van der Waals surface area contributed by atoms with E-state index in [1.54, 1.807) is 6.20 Å². The summed E-state index contributed by atoms with van der Waals surface area (Å²) in [4.78, 5) is 6.21. The summed E-state index contributed by atoms with van der Waals surface area (Å²) in [6.07, 6.45) is 10.1. The Hall–Kier alpha value is -1.53. The van der Waals surface area contributed by atoms with Crippen molar-refractivity contribution in [3.05, 3.63) is 24.0 Å². The fraction of sp³-hybridized carbons (Fsp3) is 0.462. The molecule has 0 aliphatic carbocycles. The second-order valence-electron chi connectivity index (χ2n) is 3.74. The van der Waals surface area contributed by atoms with E-state index in [0.717, 1.165) is 25.2 Å². The van der Waals surface area contributed by atoms with Gasteiger partial charge in [-0.2, -0.15) is 0 Å². The Morgan fingerprint density at radius 1 is 1.56 bits per heavy atom. The topological polar surface area (TPSA) is 28.2 Å². The number of terminal acetylenes is 1. The van der Waals surface area contributed by atoms with Gasteiger partial charge in [-0.05, 0) is 19.0 Å². The minimum Gasteiger partial charge on any atom is -0.363 e. The third kappa shape index (κ3) is 3.56. The second kappa shape index (κ2) is 6.86. The van der Waals surface area contributed by atoms with Crippen LogP contribution in [0.3, 0.4) is 0 Å². The first-order valence-corrected chi connectivity index (χ1v) is 5.57. The Morgan fingerprint density at radius 2 is 2.38 bits per heavy atom. The molecule has 0 bridgehead atoms. The Bertz CT molecular complexity index is 354. The van der Waals surface area contributed by atoms with Crippen LogP contribution in [0.1, 0.15) is 18.9 Å². The maximum atomic E-state index is 5.32. The lowest BCUT2D eigenvalue weighted by Gasteiger charge is -2.19. The summed E-state index contributed by atoms with van der Waals surface area (Å²) in [6, 6.07) is 2.00. The molecule has 0 aliphatic rings. The summed E-state index contributed by atoms with van der Waals surface area (Å²) in [5.41, 5.74) is 2.34. The Kier molecular flexibility index (Phi) is 5.38.